The van der Waals surface area contributed by atoms with Crippen molar-refractivity contribution in [1.82, 2.24) is 0 Å². The van der Waals surface area contributed by atoms with Gasteiger partial charge in [-0.15, -0.1) is 0 Å². The van der Waals surface area contributed by atoms with Gasteiger partial charge in [-0.3, -0.25) is 5.41 Å². The largest absolute Gasteiger partial charge is 0.447 e. The van der Waals surface area contributed by atoms with Gasteiger partial charge < -0.3 is 9.47 Å². The van der Waals surface area contributed by atoms with Crippen LogP contribution in [0.15, 0.2) is 30.3 Å². The molecule has 0 aromatic heterocycles. The summed E-state index contributed by atoms with van der Waals surface area (Å²) < 4.78 is 12.2. The molecule has 6 nitrogen and oxygen atoms in total. The maximum absolute atomic E-state index is 10.2. The molecule has 0 aliphatic carbocycles. The van der Waals surface area contributed by atoms with Gasteiger partial charge in [0.15, 0.2) is 5.41 Å². The average Bonchev–Trinajstić information content (AvgIpc) is 2.86. The molecule has 0 spiro atoms. The van der Waals surface area contributed by atoms with Gasteiger partial charge >= 0.3 is 0 Å². The van der Waals surface area contributed by atoms with Crippen LogP contribution in [0, 0.1) is 56.2 Å². The molecular formula is C20H20N4O2. The number of ether oxygens (including phenoxy) is 2. The number of rotatable bonds is 4. The predicted molar refractivity (Wildman–Crippen MR) is 92.2 cm³/mol. The molecule has 1 N–H and O–H groups in total. The summed E-state index contributed by atoms with van der Waals surface area (Å²) in [6.45, 7) is 3.84. The van der Waals surface area contributed by atoms with Crippen molar-refractivity contribution in [2.75, 3.05) is 0 Å². The zero-order valence-electron chi connectivity index (χ0n) is 14.8. The highest BCUT2D eigenvalue weighted by Gasteiger charge is 2.79. The highest BCUT2D eigenvalue weighted by molar-refractivity contribution is 5.89. The highest BCUT2D eigenvalue weighted by atomic mass is 16.7. The van der Waals surface area contributed by atoms with E-state index in [9.17, 15) is 15.8 Å². The lowest BCUT2D eigenvalue weighted by Gasteiger charge is -2.49. The first-order valence-electron chi connectivity index (χ1n) is 8.76. The van der Waals surface area contributed by atoms with Crippen molar-refractivity contribution in [3.05, 3.63) is 35.9 Å². The van der Waals surface area contributed by atoms with Crippen LogP contribution in [0.1, 0.15) is 44.8 Å². The van der Waals surface area contributed by atoms with Crippen LogP contribution in [-0.2, 0) is 9.47 Å². The van der Waals surface area contributed by atoms with Gasteiger partial charge in [-0.05, 0) is 18.4 Å². The van der Waals surface area contributed by atoms with Crippen molar-refractivity contribution in [2.45, 2.75) is 45.0 Å². The number of nitriles is 3. The normalized spacial score (nSPS) is 34.2. The van der Waals surface area contributed by atoms with Gasteiger partial charge in [0.2, 0.25) is 17.1 Å². The molecule has 1 aromatic carbocycles. The van der Waals surface area contributed by atoms with Crippen LogP contribution in [0.2, 0.25) is 0 Å². The molecule has 2 fully saturated rings. The Hall–Kier alpha value is -2.88. The fourth-order valence-electron chi connectivity index (χ4n) is 4.60. The van der Waals surface area contributed by atoms with Crippen molar-refractivity contribution in [2.24, 2.45) is 16.7 Å². The standard InChI is InChI=1S/C20H20N4O2/c1-3-10-20-15(4-2)19(13-23,17(24)26-20)18(11-21,12-22)16(25-20)14-8-6-5-7-9-14/h5-9,15-16,24H,3-4,10H2,1-2H3. The Morgan fingerprint density at radius 3 is 2.23 bits per heavy atom. The van der Waals surface area contributed by atoms with E-state index >= 15 is 0 Å². The Morgan fingerprint density at radius 2 is 1.73 bits per heavy atom. The molecule has 6 heteroatoms. The molecule has 4 atom stereocenters. The number of hydrogen-bond acceptors (Lipinski definition) is 6. The van der Waals surface area contributed by atoms with Crippen LogP contribution >= 0.6 is 0 Å². The van der Waals surface area contributed by atoms with Gasteiger partial charge in [0.1, 0.15) is 6.10 Å². The molecular weight excluding hydrogens is 328 g/mol. The Morgan fingerprint density at radius 1 is 1.08 bits per heavy atom. The minimum absolute atomic E-state index is 0.332. The maximum atomic E-state index is 10.2. The minimum Gasteiger partial charge on any atom is -0.447 e. The summed E-state index contributed by atoms with van der Waals surface area (Å²) in [5, 5.41) is 38.8. The third-order valence-electron chi connectivity index (χ3n) is 5.66. The van der Waals surface area contributed by atoms with Crippen molar-refractivity contribution in [1.29, 1.82) is 21.2 Å². The first kappa shape index (κ1) is 17.9. The molecule has 2 aliphatic rings. The van der Waals surface area contributed by atoms with Gasteiger partial charge in [0.05, 0.1) is 24.1 Å². The molecule has 2 aliphatic heterocycles. The van der Waals surface area contributed by atoms with E-state index in [4.69, 9.17) is 14.9 Å². The van der Waals surface area contributed by atoms with Crippen molar-refractivity contribution in [3.8, 4) is 18.2 Å². The van der Waals surface area contributed by atoms with E-state index in [1.807, 2.05) is 19.9 Å². The highest BCUT2D eigenvalue weighted by Crippen LogP contribution is 2.68. The summed E-state index contributed by atoms with van der Waals surface area (Å²) in [6, 6.07) is 15.2. The van der Waals surface area contributed by atoms with Crippen LogP contribution in [0.3, 0.4) is 0 Å². The van der Waals surface area contributed by atoms with E-state index in [0.29, 0.717) is 18.4 Å². The van der Waals surface area contributed by atoms with Gasteiger partial charge in [0, 0.05) is 6.42 Å². The first-order valence-corrected chi connectivity index (χ1v) is 8.76. The van der Waals surface area contributed by atoms with Crippen LogP contribution in [0.25, 0.3) is 0 Å². The van der Waals surface area contributed by atoms with Crippen LogP contribution in [0.4, 0.5) is 0 Å². The molecule has 2 saturated heterocycles. The molecule has 3 rings (SSSR count). The lowest BCUT2D eigenvalue weighted by molar-refractivity contribution is -0.286. The topological polar surface area (TPSA) is 114 Å². The Bertz CT molecular complexity index is 833. The molecule has 1 aromatic rings. The van der Waals surface area contributed by atoms with Gasteiger partial charge in [-0.1, -0.05) is 44.2 Å². The summed E-state index contributed by atoms with van der Waals surface area (Å²) >= 11 is 0. The number of fused-ring (bicyclic) bond motifs is 2. The molecule has 0 radical (unpaired) electrons. The number of benzene rings is 1. The van der Waals surface area contributed by atoms with E-state index in [1.54, 1.807) is 24.3 Å². The SMILES string of the molecule is CCCC12OC(=N)C(C#N)(C1CC)C(C#N)(C#N)C(c1ccccc1)O2. The fraction of sp³-hybridized carbons (Fsp3) is 0.500. The van der Waals surface area contributed by atoms with E-state index in [-0.39, 0.29) is 5.90 Å². The van der Waals surface area contributed by atoms with Crippen LogP contribution < -0.4 is 0 Å². The minimum atomic E-state index is -1.87. The molecule has 2 heterocycles. The van der Waals surface area contributed by atoms with E-state index in [0.717, 1.165) is 6.42 Å². The lowest BCUT2D eigenvalue weighted by Crippen LogP contribution is -2.59. The van der Waals surface area contributed by atoms with Crippen molar-refractivity contribution < 1.29 is 9.47 Å². The van der Waals surface area contributed by atoms with Gasteiger partial charge in [-0.25, -0.2) is 0 Å². The summed E-state index contributed by atoms with van der Waals surface area (Å²) in [4.78, 5) is 0. The number of hydrogen-bond donors (Lipinski definition) is 1. The zero-order valence-corrected chi connectivity index (χ0v) is 14.8. The van der Waals surface area contributed by atoms with E-state index in [2.05, 4.69) is 18.2 Å². The Balaban J connectivity index is 2.34. The molecule has 2 bridgehead atoms. The van der Waals surface area contributed by atoms with Gasteiger partial charge in [0.25, 0.3) is 0 Å². The molecule has 132 valence electrons. The Kier molecular flexibility index (Phi) is 4.23. The molecule has 4 unspecified atom stereocenters. The smallest absolute Gasteiger partial charge is 0.217 e. The van der Waals surface area contributed by atoms with Crippen molar-refractivity contribution in [3.63, 3.8) is 0 Å². The second-order valence-corrected chi connectivity index (χ2v) is 6.81. The maximum Gasteiger partial charge on any atom is 0.217 e. The number of nitrogens with one attached hydrogen (secondary N) is 1. The third kappa shape index (κ3) is 1.90. The molecule has 26 heavy (non-hydrogen) atoms. The summed E-state index contributed by atoms with van der Waals surface area (Å²) in [5.74, 6) is -2.07. The first-order chi connectivity index (χ1) is 12.5. The molecule has 0 amide bonds. The lowest BCUT2D eigenvalue weighted by atomic mass is 9.52. The van der Waals surface area contributed by atoms with Crippen LogP contribution in [-0.4, -0.2) is 11.7 Å². The average molecular weight is 348 g/mol. The second kappa shape index (κ2) is 6.13. The van der Waals surface area contributed by atoms with Crippen LogP contribution in [0.5, 0.6) is 0 Å². The van der Waals surface area contributed by atoms with E-state index < -0.39 is 28.6 Å². The third-order valence-corrected chi connectivity index (χ3v) is 5.66. The number of nitrogens with zero attached hydrogens (tertiary/aromatic N) is 3. The quantitative estimate of drug-likeness (QED) is 0.888. The summed E-state index contributed by atoms with van der Waals surface area (Å²) in [7, 11) is 0. The monoisotopic (exact) mass is 348 g/mol. The summed E-state index contributed by atoms with van der Waals surface area (Å²) in [5.41, 5.74) is -2.91. The predicted octanol–water partition coefficient (Wildman–Crippen LogP) is 3.83. The van der Waals surface area contributed by atoms with Crippen molar-refractivity contribution >= 4 is 5.90 Å². The summed E-state index contributed by atoms with van der Waals surface area (Å²) in [6.07, 6.45) is 0.685. The van der Waals surface area contributed by atoms with Gasteiger partial charge in [-0.2, -0.15) is 15.8 Å². The zero-order chi connectivity index (χ0) is 19.0. The second-order valence-electron chi connectivity index (χ2n) is 6.81. The Labute approximate surface area is 153 Å². The fourth-order valence-corrected chi connectivity index (χ4v) is 4.60. The molecule has 0 saturated carbocycles. The van der Waals surface area contributed by atoms with E-state index in [1.165, 1.54) is 0 Å².